The highest BCUT2D eigenvalue weighted by Gasteiger charge is 2.23. The number of pyridine rings is 1. The Bertz CT molecular complexity index is 450. The normalized spacial score (nSPS) is 9.94. The van der Waals surface area contributed by atoms with Crippen molar-refractivity contribution in [2.24, 2.45) is 0 Å². The van der Waals surface area contributed by atoms with E-state index in [4.69, 9.17) is 23.2 Å². The number of aromatic nitrogens is 1. The van der Waals surface area contributed by atoms with Gasteiger partial charge in [0.2, 0.25) is 5.15 Å². The van der Waals surface area contributed by atoms with E-state index >= 15 is 0 Å². The molecule has 0 aliphatic carbocycles. The minimum absolute atomic E-state index is 0.0190. The number of nitro groups is 1. The predicted octanol–water partition coefficient (Wildman–Crippen LogP) is 2.01. The van der Waals surface area contributed by atoms with Crippen molar-refractivity contribution in [3.63, 3.8) is 0 Å². The third-order valence-corrected chi connectivity index (χ3v) is 2.20. The summed E-state index contributed by atoms with van der Waals surface area (Å²) in [6.07, 6.45) is -0.283. The van der Waals surface area contributed by atoms with Crippen LogP contribution in [0.5, 0.6) is 0 Å². The first kappa shape index (κ1) is 12.7. The van der Waals surface area contributed by atoms with Crippen LogP contribution in [-0.4, -0.2) is 23.0 Å². The monoisotopic (exact) mass is 264 g/mol. The van der Waals surface area contributed by atoms with Gasteiger partial charge < -0.3 is 4.74 Å². The molecular formula is C8H6Cl2N2O4. The number of methoxy groups -OCH3 is 1. The second kappa shape index (κ2) is 5.09. The molecule has 0 aromatic carbocycles. The largest absolute Gasteiger partial charge is 0.469 e. The molecule has 0 fully saturated rings. The van der Waals surface area contributed by atoms with Crippen molar-refractivity contribution in [2.75, 3.05) is 7.11 Å². The van der Waals surface area contributed by atoms with E-state index in [1.807, 2.05) is 0 Å². The van der Waals surface area contributed by atoms with Gasteiger partial charge in [-0.1, -0.05) is 23.2 Å². The predicted molar refractivity (Wildman–Crippen MR) is 56.6 cm³/mol. The summed E-state index contributed by atoms with van der Waals surface area (Å²) in [5.74, 6) is -0.624. The standard InChI is InChI=1S/C8H6Cl2N2O4/c1-16-6(13)3-4-2-5(9)11-8(10)7(4)12(14)15/h2H,3H2,1H3. The Labute approximate surface area is 100 Å². The lowest BCUT2D eigenvalue weighted by Gasteiger charge is -2.03. The van der Waals surface area contributed by atoms with Gasteiger partial charge in [0.1, 0.15) is 5.15 Å². The maximum atomic E-state index is 11.0. The van der Waals surface area contributed by atoms with E-state index in [-0.39, 0.29) is 22.3 Å². The fraction of sp³-hybridized carbons (Fsp3) is 0.250. The first-order valence-electron chi connectivity index (χ1n) is 4.01. The zero-order chi connectivity index (χ0) is 12.3. The molecule has 0 bridgehead atoms. The smallest absolute Gasteiger partial charge is 0.310 e. The molecule has 86 valence electrons. The molecule has 8 heteroatoms. The average Bonchev–Trinajstić information content (AvgIpc) is 2.15. The third kappa shape index (κ3) is 2.80. The molecule has 0 saturated carbocycles. The molecule has 1 aromatic heterocycles. The molecular weight excluding hydrogens is 259 g/mol. The zero-order valence-corrected chi connectivity index (χ0v) is 9.58. The lowest BCUT2D eigenvalue weighted by molar-refractivity contribution is -0.385. The average molecular weight is 265 g/mol. The van der Waals surface area contributed by atoms with Crippen LogP contribution in [0.1, 0.15) is 5.56 Å². The van der Waals surface area contributed by atoms with Gasteiger partial charge in [-0.3, -0.25) is 14.9 Å². The number of rotatable bonds is 3. The zero-order valence-electron chi connectivity index (χ0n) is 8.07. The van der Waals surface area contributed by atoms with Gasteiger partial charge in [-0.2, -0.15) is 0 Å². The van der Waals surface area contributed by atoms with Crippen LogP contribution in [0.3, 0.4) is 0 Å². The molecule has 0 aliphatic rings. The van der Waals surface area contributed by atoms with E-state index in [0.717, 1.165) is 0 Å². The highest BCUT2D eigenvalue weighted by molar-refractivity contribution is 6.34. The second-order valence-corrected chi connectivity index (χ2v) is 3.50. The molecule has 0 amide bonds. The number of halogens is 2. The quantitative estimate of drug-likeness (QED) is 0.361. The molecule has 0 spiro atoms. The molecule has 1 heterocycles. The van der Waals surface area contributed by atoms with Crippen molar-refractivity contribution < 1.29 is 14.5 Å². The Kier molecular flexibility index (Phi) is 4.03. The van der Waals surface area contributed by atoms with Crippen LogP contribution in [0.2, 0.25) is 10.3 Å². The Morgan fingerprint density at radius 2 is 2.25 bits per heavy atom. The van der Waals surface area contributed by atoms with Crippen LogP contribution in [-0.2, 0) is 16.0 Å². The number of esters is 1. The SMILES string of the molecule is COC(=O)Cc1cc(Cl)nc(Cl)c1[N+](=O)[O-]. The number of nitrogens with zero attached hydrogens (tertiary/aromatic N) is 2. The second-order valence-electron chi connectivity index (χ2n) is 2.75. The first-order valence-corrected chi connectivity index (χ1v) is 4.77. The van der Waals surface area contributed by atoms with E-state index < -0.39 is 16.6 Å². The summed E-state index contributed by atoms with van der Waals surface area (Å²) >= 11 is 11.2. The molecule has 0 atom stereocenters. The van der Waals surface area contributed by atoms with E-state index in [2.05, 4.69) is 9.72 Å². The Balaban J connectivity index is 3.24. The van der Waals surface area contributed by atoms with Crippen molar-refractivity contribution in [1.82, 2.24) is 4.98 Å². The van der Waals surface area contributed by atoms with Crippen LogP contribution in [0.25, 0.3) is 0 Å². The highest BCUT2D eigenvalue weighted by Crippen LogP contribution is 2.29. The fourth-order valence-electron chi connectivity index (χ4n) is 1.08. The van der Waals surface area contributed by atoms with Gasteiger partial charge in [0.05, 0.1) is 18.5 Å². The van der Waals surface area contributed by atoms with Gasteiger partial charge >= 0.3 is 11.7 Å². The topological polar surface area (TPSA) is 82.3 Å². The molecule has 0 saturated heterocycles. The highest BCUT2D eigenvalue weighted by atomic mass is 35.5. The number of hydrogen-bond acceptors (Lipinski definition) is 5. The van der Waals surface area contributed by atoms with Crippen LogP contribution in [0.15, 0.2) is 6.07 Å². The minimum Gasteiger partial charge on any atom is -0.469 e. The van der Waals surface area contributed by atoms with Crippen molar-refractivity contribution in [3.8, 4) is 0 Å². The lowest BCUT2D eigenvalue weighted by Crippen LogP contribution is -2.07. The number of carbonyl (C=O) groups excluding carboxylic acids is 1. The number of ether oxygens (including phenoxy) is 1. The van der Waals surface area contributed by atoms with Gasteiger partial charge in [-0.05, 0) is 6.07 Å². The number of carbonyl (C=O) groups is 1. The van der Waals surface area contributed by atoms with E-state index in [1.165, 1.54) is 13.2 Å². The molecule has 0 aliphatic heterocycles. The summed E-state index contributed by atoms with van der Waals surface area (Å²) in [6, 6.07) is 1.21. The molecule has 0 unspecified atom stereocenters. The Hall–Kier alpha value is -1.40. The molecule has 6 nitrogen and oxygen atoms in total. The molecule has 16 heavy (non-hydrogen) atoms. The van der Waals surface area contributed by atoms with Gasteiger partial charge in [0, 0.05) is 5.56 Å². The van der Waals surface area contributed by atoms with Crippen LogP contribution < -0.4 is 0 Å². The summed E-state index contributed by atoms with van der Waals surface area (Å²) < 4.78 is 4.40. The van der Waals surface area contributed by atoms with Gasteiger partial charge in [-0.15, -0.1) is 0 Å². The number of hydrogen-bond donors (Lipinski definition) is 0. The summed E-state index contributed by atoms with van der Waals surface area (Å²) in [4.78, 5) is 24.5. The summed E-state index contributed by atoms with van der Waals surface area (Å²) in [6.45, 7) is 0. The first-order chi connectivity index (χ1) is 7.45. The van der Waals surface area contributed by atoms with Crippen molar-refractivity contribution in [3.05, 3.63) is 32.1 Å². The molecule has 1 aromatic rings. The third-order valence-electron chi connectivity index (χ3n) is 1.74. The Morgan fingerprint density at radius 3 is 2.75 bits per heavy atom. The molecule has 0 N–H and O–H groups in total. The maximum absolute atomic E-state index is 11.0. The van der Waals surface area contributed by atoms with Crippen LogP contribution >= 0.6 is 23.2 Å². The van der Waals surface area contributed by atoms with Gasteiger partial charge in [-0.25, -0.2) is 4.98 Å². The summed E-state index contributed by atoms with van der Waals surface area (Å²) in [5.41, 5.74) is -0.363. The van der Waals surface area contributed by atoms with E-state index in [9.17, 15) is 14.9 Å². The van der Waals surface area contributed by atoms with Crippen molar-refractivity contribution >= 4 is 34.9 Å². The van der Waals surface area contributed by atoms with Gasteiger partial charge in [0.15, 0.2) is 0 Å². The van der Waals surface area contributed by atoms with Crippen LogP contribution in [0.4, 0.5) is 5.69 Å². The summed E-state index contributed by atoms with van der Waals surface area (Å²) in [7, 11) is 1.18. The lowest BCUT2D eigenvalue weighted by atomic mass is 10.1. The Morgan fingerprint density at radius 1 is 1.62 bits per heavy atom. The van der Waals surface area contributed by atoms with E-state index in [0.29, 0.717) is 0 Å². The molecule has 1 rings (SSSR count). The van der Waals surface area contributed by atoms with Gasteiger partial charge in [0.25, 0.3) is 0 Å². The maximum Gasteiger partial charge on any atom is 0.310 e. The van der Waals surface area contributed by atoms with E-state index in [1.54, 1.807) is 0 Å². The van der Waals surface area contributed by atoms with Crippen molar-refractivity contribution in [2.45, 2.75) is 6.42 Å². The molecule has 0 radical (unpaired) electrons. The van der Waals surface area contributed by atoms with Crippen LogP contribution in [0, 0.1) is 10.1 Å². The minimum atomic E-state index is -0.718. The van der Waals surface area contributed by atoms with Crippen molar-refractivity contribution in [1.29, 1.82) is 0 Å². The fourth-order valence-corrected chi connectivity index (χ4v) is 1.62. The summed E-state index contributed by atoms with van der Waals surface area (Å²) in [5, 5.41) is 10.3.